The van der Waals surface area contributed by atoms with Gasteiger partial charge in [0.05, 0.1) is 10.8 Å². The average Bonchev–Trinajstić information content (AvgIpc) is 3.04. The number of carbonyl (C=O) groups excluding carboxylic acids is 1. The van der Waals surface area contributed by atoms with Crippen LogP contribution in [-0.2, 0) is 14.8 Å². The summed E-state index contributed by atoms with van der Waals surface area (Å²) < 4.78 is 27.9. The van der Waals surface area contributed by atoms with Crippen molar-refractivity contribution in [1.82, 2.24) is 4.31 Å². The van der Waals surface area contributed by atoms with E-state index in [9.17, 15) is 13.2 Å². The van der Waals surface area contributed by atoms with Gasteiger partial charge in [-0.25, -0.2) is 8.42 Å². The van der Waals surface area contributed by atoms with E-state index in [4.69, 9.17) is 0 Å². The summed E-state index contributed by atoms with van der Waals surface area (Å²) in [6.07, 6.45) is 2.68. The van der Waals surface area contributed by atoms with Gasteiger partial charge in [0.25, 0.3) is 0 Å². The molecule has 28 heavy (non-hydrogen) atoms. The highest BCUT2D eigenvalue weighted by Crippen LogP contribution is 2.39. The van der Waals surface area contributed by atoms with Gasteiger partial charge in [0.1, 0.15) is 0 Å². The summed E-state index contributed by atoms with van der Waals surface area (Å²) in [4.78, 5) is 12.5. The van der Waals surface area contributed by atoms with Crippen LogP contribution >= 0.6 is 0 Å². The molecule has 2 aromatic rings. The van der Waals surface area contributed by atoms with Crippen LogP contribution < -0.4 is 5.32 Å². The summed E-state index contributed by atoms with van der Waals surface area (Å²) in [6, 6.07) is 15.0. The van der Waals surface area contributed by atoms with Crippen molar-refractivity contribution in [3.8, 4) is 0 Å². The summed E-state index contributed by atoms with van der Waals surface area (Å²) in [7, 11) is -3.61. The molecule has 0 aliphatic carbocycles. The van der Waals surface area contributed by atoms with Crippen LogP contribution in [0.1, 0.15) is 37.3 Å². The number of hydrogen-bond acceptors (Lipinski definition) is 3. The molecule has 2 aliphatic heterocycles. The third-order valence-electron chi connectivity index (χ3n) is 5.52. The number of anilines is 1. The Kier molecular flexibility index (Phi) is 4.85. The van der Waals surface area contributed by atoms with Gasteiger partial charge in [0.2, 0.25) is 15.9 Å². The molecule has 1 N–H and O–H groups in total. The van der Waals surface area contributed by atoms with E-state index >= 15 is 0 Å². The molecule has 0 radical (unpaired) electrons. The van der Waals surface area contributed by atoms with Gasteiger partial charge in [-0.1, -0.05) is 50.3 Å². The molecule has 0 saturated carbocycles. The van der Waals surface area contributed by atoms with Crippen molar-refractivity contribution in [2.45, 2.75) is 31.1 Å². The fourth-order valence-electron chi connectivity index (χ4n) is 4.02. The number of benzene rings is 2. The zero-order valence-electron chi connectivity index (χ0n) is 16.1. The van der Waals surface area contributed by atoms with Gasteiger partial charge >= 0.3 is 0 Å². The summed E-state index contributed by atoms with van der Waals surface area (Å²) in [5.74, 6) is -0.269. The lowest BCUT2D eigenvalue weighted by molar-refractivity contribution is -0.117. The lowest BCUT2D eigenvalue weighted by Gasteiger charge is -2.26. The maximum Gasteiger partial charge on any atom is 0.243 e. The van der Waals surface area contributed by atoms with Gasteiger partial charge in [0, 0.05) is 18.8 Å². The first kappa shape index (κ1) is 18.9. The molecule has 0 aromatic heterocycles. The first-order chi connectivity index (χ1) is 13.4. The highest BCUT2D eigenvalue weighted by atomic mass is 32.2. The largest absolute Gasteiger partial charge is 0.325 e. The summed E-state index contributed by atoms with van der Waals surface area (Å²) in [6.45, 7) is 4.75. The van der Waals surface area contributed by atoms with E-state index in [0.29, 0.717) is 25.2 Å². The van der Waals surface area contributed by atoms with Gasteiger partial charge in [-0.15, -0.1) is 0 Å². The first-order valence-corrected chi connectivity index (χ1v) is 11.0. The molecule has 4 rings (SSSR count). The van der Waals surface area contributed by atoms with Crippen molar-refractivity contribution in [2.75, 3.05) is 18.4 Å². The van der Waals surface area contributed by atoms with E-state index in [2.05, 4.69) is 5.32 Å². The second kappa shape index (κ2) is 7.18. The van der Waals surface area contributed by atoms with E-state index in [1.54, 1.807) is 18.2 Å². The van der Waals surface area contributed by atoms with Gasteiger partial charge in [-0.05, 0) is 47.2 Å². The second-order valence-electron chi connectivity index (χ2n) is 7.67. The fraction of sp³-hybridized carbons (Fsp3) is 0.318. The Morgan fingerprint density at radius 2 is 1.86 bits per heavy atom. The predicted octanol–water partition coefficient (Wildman–Crippen LogP) is 3.86. The number of carbonyl (C=O) groups is 1. The molecule has 2 aliphatic rings. The Bertz CT molecular complexity index is 1040. The number of amides is 1. The number of nitrogens with zero attached hydrogens (tertiary/aromatic N) is 1. The first-order valence-electron chi connectivity index (χ1n) is 9.57. The van der Waals surface area contributed by atoms with Gasteiger partial charge in [-0.3, -0.25) is 4.79 Å². The third kappa shape index (κ3) is 3.27. The van der Waals surface area contributed by atoms with E-state index in [-0.39, 0.29) is 22.6 Å². The van der Waals surface area contributed by atoms with Crippen LogP contribution in [0.15, 0.2) is 59.5 Å². The van der Waals surface area contributed by atoms with Crippen LogP contribution in [0.3, 0.4) is 0 Å². The van der Waals surface area contributed by atoms with Crippen molar-refractivity contribution in [2.24, 2.45) is 5.92 Å². The van der Waals surface area contributed by atoms with Crippen molar-refractivity contribution in [1.29, 1.82) is 0 Å². The van der Waals surface area contributed by atoms with Gasteiger partial charge in [0.15, 0.2) is 0 Å². The van der Waals surface area contributed by atoms with E-state index < -0.39 is 10.0 Å². The minimum absolute atomic E-state index is 0.0621. The maximum absolute atomic E-state index is 13.2. The lowest BCUT2D eigenvalue weighted by atomic mass is 9.90. The Labute approximate surface area is 166 Å². The monoisotopic (exact) mass is 396 g/mol. The Morgan fingerprint density at radius 1 is 1.11 bits per heavy atom. The zero-order chi connectivity index (χ0) is 19.9. The number of rotatable bonds is 4. The molecule has 0 saturated heterocycles. The van der Waals surface area contributed by atoms with Crippen molar-refractivity contribution >= 4 is 27.2 Å². The highest BCUT2D eigenvalue weighted by Gasteiger charge is 2.35. The smallest absolute Gasteiger partial charge is 0.243 e. The fourth-order valence-corrected chi connectivity index (χ4v) is 5.43. The van der Waals surface area contributed by atoms with Crippen molar-refractivity contribution in [3.63, 3.8) is 0 Å². The number of hydrogen-bond donors (Lipinski definition) is 1. The third-order valence-corrected chi connectivity index (χ3v) is 7.38. The van der Waals surface area contributed by atoms with E-state index in [1.807, 2.05) is 50.3 Å². The van der Waals surface area contributed by atoms with Crippen LogP contribution in [0.2, 0.25) is 0 Å². The summed E-state index contributed by atoms with van der Waals surface area (Å²) in [5.41, 5.74) is 3.81. The molecule has 2 aromatic carbocycles. The molecule has 0 bridgehead atoms. The van der Waals surface area contributed by atoms with Crippen molar-refractivity contribution < 1.29 is 13.2 Å². The van der Waals surface area contributed by atoms with Crippen molar-refractivity contribution in [3.05, 3.63) is 65.7 Å². The van der Waals surface area contributed by atoms with Crippen LogP contribution in [0.25, 0.3) is 5.57 Å². The SMILES string of the molecule is CC(C)C1C(=O)Nc2ccc(S(=O)(=O)N3CC=C(c4ccccc4)CC3)cc21. The van der Waals surface area contributed by atoms with Crippen LogP contribution in [0.5, 0.6) is 0 Å². The topological polar surface area (TPSA) is 66.5 Å². The highest BCUT2D eigenvalue weighted by molar-refractivity contribution is 7.89. The summed E-state index contributed by atoms with van der Waals surface area (Å²) in [5, 5.41) is 2.85. The molecule has 1 unspecified atom stereocenters. The minimum atomic E-state index is -3.61. The molecule has 6 heteroatoms. The Morgan fingerprint density at radius 3 is 2.50 bits per heavy atom. The maximum atomic E-state index is 13.2. The minimum Gasteiger partial charge on any atom is -0.325 e. The summed E-state index contributed by atoms with van der Waals surface area (Å²) >= 11 is 0. The van der Waals surface area contributed by atoms with Crippen LogP contribution in [-0.4, -0.2) is 31.7 Å². The predicted molar refractivity (Wildman–Crippen MR) is 110 cm³/mol. The number of fused-ring (bicyclic) bond motifs is 1. The molecular formula is C22H24N2O3S. The number of nitrogens with one attached hydrogen (secondary N) is 1. The molecule has 0 fully saturated rings. The quantitative estimate of drug-likeness (QED) is 0.853. The second-order valence-corrected chi connectivity index (χ2v) is 9.61. The molecule has 1 amide bonds. The van der Waals surface area contributed by atoms with E-state index in [1.165, 1.54) is 9.88 Å². The Hall–Kier alpha value is -2.44. The van der Waals surface area contributed by atoms with E-state index in [0.717, 1.165) is 11.1 Å². The van der Waals surface area contributed by atoms with Crippen LogP contribution in [0, 0.1) is 5.92 Å². The standard InChI is InChI=1S/C22H24N2O3S/c1-15(2)21-19-14-18(8-9-20(19)23-22(21)25)28(26,27)24-12-10-17(11-13-24)16-6-4-3-5-7-16/h3-10,14-15,21H,11-13H2,1-2H3,(H,23,25). The molecule has 5 nitrogen and oxygen atoms in total. The van der Waals surface area contributed by atoms with Gasteiger partial charge in [-0.2, -0.15) is 4.31 Å². The molecule has 2 heterocycles. The molecule has 0 spiro atoms. The zero-order valence-corrected chi connectivity index (χ0v) is 16.9. The molecule has 146 valence electrons. The Balaban J connectivity index is 1.60. The lowest BCUT2D eigenvalue weighted by Crippen LogP contribution is -2.34. The number of sulfonamides is 1. The average molecular weight is 397 g/mol. The molecule has 1 atom stereocenters. The van der Waals surface area contributed by atoms with Crippen LogP contribution in [0.4, 0.5) is 5.69 Å². The molecular weight excluding hydrogens is 372 g/mol. The van der Waals surface area contributed by atoms with Gasteiger partial charge < -0.3 is 5.32 Å². The normalized spacial score (nSPS) is 20.0.